The predicted octanol–water partition coefficient (Wildman–Crippen LogP) is 1.16. The molecule has 0 bridgehead atoms. The van der Waals surface area contributed by atoms with Gasteiger partial charge in [0.25, 0.3) is 0 Å². The Labute approximate surface area is 86.3 Å². The van der Waals surface area contributed by atoms with Crippen molar-refractivity contribution in [1.29, 1.82) is 0 Å². The van der Waals surface area contributed by atoms with Gasteiger partial charge in [-0.05, 0) is 25.0 Å². The van der Waals surface area contributed by atoms with Crippen molar-refractivity contribution in [1.82, 2.24) is 0 Å². The zero-order chi connectivity index (χ0) is 10.4. The van der Waals surface area contributed by atoms with Crippen molar-refractivity contribution in [3.05, 3.63) is 21.9 Å². The van der Waals surface area contributed by atoms with E-state index in [0.717, 1.165) is 9.75 Å². The summed E-state index contributed by atoms with van der Waals surface area (Å²) in [6.45, 7) is 2.07. The van der Waals surface area contributed by atoms with Crippen LogP contribution >= 0.6 is 11.3 Å². The quantitative estimate of drug-likeness (QED) is 0.588. The van der Waals surface area contributed by atoms with E-state index in [9.17, 15) is 4.79 Å². The molecule has 4 heteroatoms. The summed E-state index contributed by atoms with van der Waals surface area (Å²) >= 11 is 1.36. The van der Waals surface area contributed by atoms with Gasteiger partial charge in [0.2, 0.25) is 0 Å². The van der Waals surface area contributed by atoms with E-state index in [1.54, 1.807) is 19.1 Å². The van der Waals surface area contributed by atoms with Crippen molar-refractivity contribution >= 4 is 17.3 Å². The number of carbonyl (C=O) groups excluding carboxylic acids is 1. The van der Waals surface area contributed by atoms with E-state index in [0.29, 0.717) is 6.61 Å². The van der Waals surface area contributed by atoms with E-state index in [1.165, 1.54) is 11.3 Å². The molecule has 1 heterocycles. The first-order chi connectivity index (χ1) is 6.76. The molecule has 1 aromatic rings. The maximum Gasteiger partial charge on any atom is 0.384 e. The third-order valence-corrected chi connectivity index (χ3v) is 2.37. The summed E-state index contributed by atoms with van der Waals surface area (Å²) in [5.74, 6) is 4.50. The van der Waals surface area contributed by atoms with Crippen molar-refractivity contribution in [2.75, 3.05) is 6.61 Å². The molecule has 0 aliphatic rings. The van der Waals surface area contributed by atoms with Gasteiger partial charge in [0.05, 0.1) is 18.1 Å². The molecule has 1 N–H and O–H groups in total. The summed E-state index contributed by atoms with van der Waals surface area (Å²) in [5.41, 5.74) is 0. The molecule has 0 aromatic carbocycles. The number of carbonyl (C=O) groups is 1. The van der Waals surface area contributed by atoms with Crippen LogP contribution in [0, 0.1) is 11.8 Å². The Balaban J connectivity index is 2.62. The highest BCUT2D eigenvalue weighted by molar-refractivity contribution is 7.12. The van der Waals surface area contributed by atoms with Crippen molar-refractivity contribution in [3.63, 3.8) is 0 Å². The van der Waals surface area contributed by atoms with Crippen LogP contribution in [0.2, 0.25) is 0 Å². The fraction of sp³-hybridized carbons (Fsp3) is 0.300. The molecule has 74 valence electrons. The molecule has 0 amide bonds. The second kappa shape index (κ2) is 5.43. The fourth-order valence-corrected chi connectivity index (χ4v) is 1.53. The standard InChI is InChI=1S/C10H10O3S/c1-2-13-10(12)6-5-8-3-4-9(7-11)14-8/h3-4,11H,2,7H2,1H3. The summed E-state index contributed by atoms with van der Waals surface area (Å²) in [7, 11) is 0. The summed E-state index contributed by atoms with van der Waals surface area (Å²) in [4.78, 5) is 12.4. The second-order valence-corrected chi connectivity index (χ2v) is 3.56. The lowest BCUT2D eigenvalue weighted by molar-refractivity contribution is -0.136. The molecule has 0 aliphatic heterocycles. The Morgan fingerprint density at radius 1 is 1.64 bits per heavy atom. The van der Waals surface area contributed by atoms with E-state index >= 15 is 0 Å². The van der Waals surface area contributed by atoms with Crippen LogP contribution in [0.4, 0.5) is 0 Å². The summed E-state index contributed by atoms with van der Waals surface area (Å²) in [6, 6.07) is 3.54. The van der Waals surface area contributed by atoms with Gasteiger partial charge < -0.3 is 9.84 Å². The zero-order valence-corrected chi connectivity index (χ0v) is 8.56. The Kier molecular flexibility index (Phi) is 4.17. The van der Waals surface area contributed by atoms with Crippen LogP contribution in [0.25, 0.3) is 0 Å². The van der Waals surface area contributed by atoms with Gasteiger partial charge in [-0.15, -0.1) is 11.3 Å². The maximum atomic E-state index is 10.9. The van der Waals surface area contributed by atoms with Gasteiger partial charge in [0.1, 0.15) is 0 Å². The van der Waals surface area contributed by atoms with E-state index < -0.39 is 5.97 Å². The normalized spacial score (nSPS) is 9.00. The lowest BCUT2D eigenvalue weighted by Crippen LogP contribution is -1.99. The van der Waals surface area contributed by atoms with Crippen molar-refractivity contribution in [2.45, 2.75) is 13.5 Å². The van der Waals surface area contributed by atoms with E-state index in [1.807, 2.05) is 0 Å². The van der Waals surface area contributed by atoms with Crippen molar-refractivity contribution in [3.8, 4) is 11.8 Å². The number of hydrogen-bond donors (Lipinski definition) is 1. The molecule has 3 nitrogen and oxygen atoms in total. The first kappa shape index (κ1) is 10.8. The molecule has 0 spiro atoms. The number of ether oxygens (including phenoxy) is 1. The number of esters is 1. The summed E-state index contributed by atoms with van der Waals surface area (Å²) in [5, 5.41) is 8.78. The minimum Gasteiger partial charge on any atom is -0.456 e. The number of aliphatic hydroxyl groups excluding tert-OH is 1. The predicted molar refractivity (Wildman–Crippen MR) is 53.8 cm³/mol. The molecule has 0 fully saturated rings. The van der Waals surface area contributed by atoms with E-state index in [4.69, 9.17) is 5.11 Å². The molecule has 0 saturated heterocycles. The van der Waals surface area contributed by atoms with Gasteiger partial charge in [-0.1, -0.05) is 0 Å². The number of hydrogen-bond acceptors (Lipinski definition) is 4. The average Bonchev–Trinajstić information content (AvgIpc) is 2.63. The lowest BCUT2D eigenvalue weighted by atomic mass is 10.4. The monoisotopic (exact) mass is 210 g/mol. The third-order valence-electron chi connectivity index (χ3n) is 1.38. The van der Waals surface area contributed by atoms with E-state index in [2.05, 4.69) is 16.6 Å². The van der Waals surface area contributed by atoms with Gasteiger partial charge in [-0.2, -0.15) is 0 Å². The molecule has 0 radical (unpaired) electrons. The minimum atomic E-state index is -0.522. The molecular formula is C10H10O3S. The maximum absolute atomic E-state index is 10.9. The van der Waals surface area contributed by atoms with Gasteiger partial charge in [0, 0.05) is 10.8 Å². The first-order valence-corrected chi connectivity index (χ1v) is 4.96. The van der Waals surface area contributed by atoms with Crippen LogP contribution in [-0.4, -0.2) is 17.7 Å². The van der Waals surface area contributed by atoms with Crippen LogP contribution in [-0.2, 0) is 16.1 Å². The van der Waals surface area contributed by atoms with Crippen LogP contribution in [0.3, 0.4) is 0 Å². The summed E-state index contributed by atoms with van der Waals surface area (Å²) in [6.07, 6.45) is 0. The number of aliphatic hydroxyl groups is 1. The van der Waals surface area contributed by atoms with Crippen LogP contribution in [0.15, 0.2) is 12.1 Å². The van der Waals surface area contributed by atoms with Gasteiger partial charge in [-0.3, -0.25) is 0 Å². The Hall–Kier alpha value is -1.31. The second-order valence-electron chi connectivity index (χ2n) is 2.39. The van der Waals surface area contributed by atoms with Gasteiger partial charge in [0.15, 0.2) is 0 Å². The van der Waals surface area contributed by atoms with Crippen LogP contribution in [0.1, 0.15) is 16.7 Å². The lowest BCUT2D eigenvalue weighted by Gasteiger charge is -1.89. The molecule has 0 unspecified atom stereocenters. The topological polar surface area (TPSA) is 46.5 Å². The fourth-order valence-electron chi connectivity index (χ4n) is 0.810. The third kappa shape index (κ3) is 3.21. The molecule has 1 aromatic heterocycles. The minimum absolute atomic E-state index is 0.00571. The Morgan fingerprint density at radius 3 is 3.00 bits per heavy atom. The molecule has 14 heavy (non-hydrogen) atoms. The van der Waals surface area contributed by atoms with E-state index in [-0.39, 0.29) is 6.61 Å². The zero-order valence-electron chi connectivity index (χ0n) is 7.74. The van der Waals surface area contributed by atoms with Gasteiger partial charge in [-0.25, -0.2) is 4.79 Å². The molecule has 0 aliphatic carbocycles. The Bertz CT molecular complexity index is 370. The highest BCUT2D eigenvalue weighted by Crippen LogP contribution is 2.14. The molecule has 0 saturated carbocycles. The van der Waals surface area contributed by atoms with Gasteiger partial charge >= 0.3 is 5.97 Å². The highest BCUT2D eigenvalue weighted by Gasteiger charge is 1.96. The molecule has 0 atom stereocenters. The van der Waals surface area contributed by atoms with Crippen molar-refractivity contribution < 1.29 is 14.6 Å². The summed E-state index contributed by atoms with van der Waals surface area (Å²) < 4.78 is 4.64. The SMILES string of the molecule is CCOC(=O)C#Cc1ccc(CO)s1. The number of rotatable bonds is 2. The first-order valence-electron chi connectivity index (χ1n) is 4.14. The van der Waals surface area contributed by atoms with Crippen molar-refractivity contribution in [2.24, 2.45) is 0 Å². The average molecular weight is 210 g/mol. The Morgan fingerprint density at radius 2 is 2.43 bits per heavy atom. The van der Waals surface area contributed by atoms with Crippen LogP contribution < -0.4 is 0 Å². The molecule has 1 rings (SSSR count). The largest absolute Gasteiger partial charge is 0.456 e. The van der Waals surface area contributed by atoms with Crippen LogP contribution in [0.5, 0.6) is 0 Å². The smallest absolute Gasteiger partial charge is 0.384 e. The number of thiophene rings is 1. The highest BCUT2D eigenvalue weighted by atomic mass is 32.1. The molecular weight excluding hydrogens is 200 g/mol.